The van der Waals surface area contributed by atoms with E-state index in [1.807, 2.05) is 6.92 Å². The molecule has 1 saturated carbocycles. The summed E-state index contributed by atoms with van der Waals surface area (Å²) in [6, 6.07) is 1.65. The molecule has 1 aliphatic heterocycles. The Bertz CT molecular complexity index is 252. The van der Waals surface area contributed by atoms with Crippen molar-refractivity contribution < 1.29 is 0 Å². The van der Waals surface area contributed by atoms with E-state index in [0.717, 1.165) is 25.0 Å². The van der Waals surface area contributed by atoms with Gasteiger partial charge in [0.2, 0.25) is 0 Å². The van der Waals surface area contributed by atoms with Crippen LogP contribution in [0.25, 0.3) is 0 Å². The fraction of sp³-hybridized carbons (Fsp3) is 0.857. The highest BCUT2D eigenvalue weighted by molar-refractivity contribution is 4.97. The van der Waals surface area contributed by atoms with Gasteiger partial charge in [-0.25, -0.2) is 0 Å². The minimum absolute atomic E-state index is 0.769. The van der Waals surface area contributed by atoms with Crippen LogP contribution < -0.4 is 5.32 Å². The first kappa shape index (κ1) is 12.0. The Balaban J connectivity index is 1.56. The lowest BCUT2D eigenvalue weighted by Gasteiger charge is -2.44. The zero-order chi connectivity index (χ0) is 11.2. The van der Waals surface area contributed by atoms with E-state index in [9.17, 15) is 0 Å². The zero-order valence-electron chi connectivity index (χ0n) is 10.5. The summed E-state index contributed by atoms with van der Waals surface area (Å²) in [6.45, 7) is 5.67. The van der Waals surface area contributed by atoms with Crippen molar-refractivity contribution in [3.63, 3.8) is 0 Å². The quantitative estimate of drug-likeness (QED) is 0.576. The molecule has 0 bridgehead atoms. The molecular weight excluding hydrogens is 196 g/mol. The molecule has 1 saturated heterocycles. The van der Waals surface area contributed by atoms with Crippen molar-refractivity contribution in [2.75, 3.05) is 19.6 Å². The second-order valence-electron chi connectivity index (χ2n) is 5.05. The van der Waals surface area contributed by atoms with Gasteiger partial charge in [0.15, 0.2) is 0 Å². The SMILES string of the molecule is CC#CCCNC1CC(N2CCCCC2)C1. The summed E-state index contributed by atoms with van der Waals surface area (Å²) in [5, 5.41) is 3.59. The van der Waals surface area contributed by atoms with Gasteiger partial charge in [0.1, 0.15) is 0 Å². The molecule has 1 aliphatic carbocycles. The average molecular weight is 220 g/mol. The lowest BCUT2D eigenvalue weighted by Crippen LogP contribution is -2.53. The van der Waals surface area contributed by atoms with Crippen LogP contribution in [0.4, 0.5) is 0 Å². The Morgan fingerprint density at radius 2 is 1.94 bits per heavy atom. The molecule has 0 aromatic carbocycles. The molecule has 0 unspecified atom stereocenters. The summed E-state index contributed by atoms with van der Waals surface area (Å²) in [4.78, 5) is 2.70. The number of likely N-dealkylation sites (tertiary alicyclic amines) is 1. The van der Waals surface area contributed by atoms with Gasteiger partial charge in [0, 0.05) is 25.0 Å². The topological polar surface area (TPSA) is 15.3 Å². The highest BCUT2D eigenvalue weighted by Crippen LogP contribution is 2.27. The Labute approximate surface area is 99.8 Å². The maximum Gasteiger partial charge on any atom is 0.0214 e. The van der Waals surface area contributed by atoms with Crippen LogP contribution in [0.3, 0.4) is 0 Å². The van der Waals surface area contributed by atoms with Crippen molar-refractivity contribution in [1.82, 2.24) is 10.2 Å². The number of piperidine rings is 1. The summed E-state index contributed by atoms with van der Waals surface area (Å²) in [5.41, 5.74) is 0. The van der Waals surface area contributed by atoms with E-state index in [0.29, 0.717) is 0 Å². The molecule has 2 fully saturated rings. The van der Waals surface area contributed by atoms with Crippen molar-refractivity contribution in [3.8, 4) is 11.8 Å². The van der Waals surface area contributed by atoms with Gasteiger partial charge in [-0.1, -0.05) is 6.42 Å². The van der Waals surface area contributed by atoms with Gasteiger partial charge in [0.05, 0.1) is 0 Å². The third-order valence-corrected chi connectivity index (χ3v) is 3.88. The molecule has 0 radical (unpaired) electrons. The predicted molar refractivity (Wildman–Crippen MR) is 68.3 cm³/mol. The lowest BCUT2D eigenvalue weighted by atomic mass is 9.84. The van der Waals surface area contributed by atoms with Gasteiger partial charge < -0.3 is 10.2 Å². The Kier molecular flexibility index (Phi) is 4.69. The average Bonchev–Trinajstić information content (AvgIpc) is 2.28. The van der Waals surface area contributed by atoms with Crippen LogP contribution in [0.1, 0.15) is 45.4 Å². The van der Waals surface area contributed by atoms with Gasteiger partial charge in [0.25, 0.3) is 0 Å². The monoisotopic (exact) mass is 220 g/mol. The lowest BCUT2D eigenvalue weighted by molar-refractivity contribution is 0.0789. The summed E-state index contributed by atoms with van der Waals surface area (Å²) >= 11 is 0. The summed E-state index contributed by atoms with van der Waals surface area (Å²) in [6.07, 6.45) is 8.00. The molecule has 1 N–H and O–H groups in total. The standard InChI is InChI=1S/C14H24N2/c1-2-3-5-8-15-13-11-14(12-13)16-9-6-4-7-10-16/h13-15H,4-12H2,1H3. The van der Waals surface area contributed by atoms with Crippen LogP contribution in [-0.2, 0) is 0 Å². The third kappa shape index (κ3) is 3.23. The fourth-order valence-corrected chi connectivity index (χ4v) is 2.80. The molecule has 0 aromatic rings. The molecule has 1 heterocycles. The van der Waals surface area contributed by atoms with E-state index in [2.05, 4.69) is 22.1 Å². The molecule has 90 valence electrons. The predicted octanol–water partition coefficient (Wildman–Crippen LogP) is 2.01. The largest absolute Gasteiger partial charge is 0.313 e. The molecule has 2 rings (SSSR count). The Morgan fingerprint density at radius 1 is 1.19 bits per heavy atom. The molecule has 2 aliphatic rings. The fourth-order valence-electron chi connectivity index (χ4n) is 2.80. The molecular formula is C14H24N2. The van der Waals surface area contributed by atoms with Crippen LogP contribution >= 0.6 is 0 Å². The smallest absolute Gasteiger partial charge is 0.0214 e. The van der Waals surface area contributed by atoms with Crippen molar-refractivity contribution in [3.05, 3.63) is 0 Å². The van der Waals surface area contributed by atoms with Gasteiger partial charge in [-0.2, -0.15) is 0 Å². The maximum absolute atomic E-state index is 3.59. The van der Waals surface area contributed by atoms with E-state index >= 15 is 0 Å². The molecule has 0 spiro atoms. The number of nitrogens with one attached hydrogen (secondary N) is 1. The van der Waals surface area contributed by atoms with E-state index < -0.39 is 0 Å². The molecule has 2 nitrogen and oxygen atoms in total. The highest BCUT2D eigenvalue weighted by atomic mass is 15.2. The van der Waals surface area contributed by atoms with Crippen molar-refractivity contribution in [2.45, 2.75) is 57.5 Å². The minimum atomic E-state index is 0.769. The van der Waals surface area contributed by atoms with Gasteiger partial charge in [-0.05, 0) is 45.7 Å². The van der Waals surface area contributed by atoms with Gasteiger partial charge in [-0.3, -0.25) is 0 Å². The molecule has 0 amide bonds. The summed E-state index contributed by atoms with van der Waals surface area (Å²) in [5.74, 6) is 6.04. The number of hydrogen-bond donors (Lipinski definition) is 1. The van der Waals surface area contributed by atoms with Crippen LogP contribution in [0, 0.1) is 11.8 Å². The minimum Gasteiger partial charge on any atom is -0.313 e. The molecule has 2 heteroatoms. The first-order valence-corrected chi connectivity index (χ1v) is 6.77. The molecule has 16 heavy (non-hydrogen) atoms. The first-order valence-electron chi connectivity index (χ1n) is 6.77. The Morgan fingerprint density at radius 3 is 2.62 bits per heavy atom. The van der Waals surface area contributed by atoms with Gasteiger partial charge >= 0.3 is 0 Å². The normalized spacial score (nSPS) is 30.3. The van der Waals surface area contributed by atoms with Gasteiger partial charge in [-0.15, -0.1) is 11.8 Å². The second-order valence-corrected chi connectivity index (χ2v) is 5.05. The van der Waals surface area contributed by atoms with Crippen molar-refractivity contribution in [2.24, 2.45) is 0 Å². The second kappa shape index (κ2) is 6.27. The van der Waals surface area contributed by atoms with E-state index in [4.69, 9.17) is 0 Å². The third-order valence-electron chi connectivity index (χ3n) is 3.88. The first-order chi connectivity index (χ1) is 7.90. The summed E-state index contributed by atoms with van der Waals surface area (Å²) < 4.78 is 0. The van der Waals surface area contributed by atoms with E-state index in [-0.39, 0.29) is 0 Å². The maximum atomic E-state index is 3.59. The van der Waals surface area contributed by atoms with Crippen LogP contribution in [0.5, 0.6) is 0 Å². The number of hydrogen-bond acceptors (Lipinski definition) is 2. The van der Waals surface area contributed by atoms with E-state index in [1.165, 1.54) is 45.2 Å². The number of nitrogens with zero attached hydrogens (tertiary/aromatic N) is 1. The Hall–Kier alpha value is -0.520. The molecule has 0 aromatic heterocycles. The zero-order valence-corrected chi connectivity index (χ0v) is 10.5. The van der Waals surface area contributed by atoms with Crippen LogP contribution in [-0.4, -0.2) is 36.6 Å². The van der Waals surface area contributed by atoms with Crippen LogP contribution in [0.15, 0.2) is 0 Å². The van der Waals surface area contributed by atoms with Crippen molar-refractivity contribution in [1.29, 1.82) is 0 Å². The van der Waals surface area contributed by atoms with Crippen LogP contribution in [0.2, 0.25) is 0 Å². The van der Waals surface area contributed by atoms with Crippen molar-refractivity contribution >= 4 is 0 Å². The highest BCUT2D eigenvalue weighted by Gasteiger charge is 2.33. The number of rotatable bonds is 4. The summed E-state index contributed by atoms with van der Waals surface area (Å²) in [7, 11) is 0. The van der Waals surface area contributed by atoms with E-state index in [1.54, 1.807) is 0 Å². The molecule has 0 atom stereocenters.